The van der Waals surface area contributed by atoms with Gasteiger partial charge in [0.2, 0.25) is 5.91 Å². The van der Waals surface area contributed by atoms with Crippen LogP contribution in [0.1, 0.15) is 36.1 Å². The Morgan fingerprint density at radius 2 is 1.88 bits per heavy atom. The molecule has 2 aromatic carbocycles. The topological polar surface area (TPSA) is 50.4 Å². The SMILES string of the molecule is CNCCC(=O)NC(C)c1ccc(OCc2cccc(C)c2)cc1.Cl. The van der Waals surface area contributed by atoms with E-state index in [1.807, 2.05) is 44.3 Å². The molecule has 0 spiro atoms. The first kappa shape index (κ1) is 21.0. The Morgan fingerprint density at radius 3 is 2.52 bits per heavy atom. The van der Waals surface area contributed by atoms with Crippen molar-refractivity contribution in [1.82, 2.24) is 10.6 Å². The lowest BCUT2D eigenvalue weighted by atomic mass is 10.1. The molecule has 1 unspecified atom stereocenters. The Kier molecular flexibility index (Phi) is 9.03. The number of benzene rings is 2. The highest BCUT2D eigenvalue weighted by atomic mass is 35.5. The van der Waals surface area contributed by atoms with Gasteiger partial charge in [-0.3, -0.25) is 4.79 Å². The van der Waals surface area contributed by atoms with Crippen molar-refractivity contribution >= 4 is 18.3 Å². The highest BCUT2D eigenvalue weighted by molar-refractivity contribution is 5.85. The zero-order valence-corrected chi connectivity index (χ0v) is 15.9. The molecule has 0 heterocycles. The van der Waals surface area contributed by atoms with Gasteiger partial charge in [-0.1, -0.05) is 42.0 Å². The van der Waals surface area contributed by atoms with E-state index < -0.39 is 0 Å². The number of amides is 1. The number of hydrogen-bond acceptors (Lipinski definition) is 3. The van der Waals surface area contributed by atoms with Gasteiger partial charge in [-0.2, -0.15) is 0 Å². The minimum absolute atomic E-state index is 0. The lowest BCUT2D eigenvalue weighted by Gasteiger charge is -2.15. The van der Waals surface area contributed by atoms with Gasteiger partial charge in [-0.05, 0) is 44.2 Å². The molecule has 0 aliphatic heterocycles. The summed E-state index contributed by atoms with van der Waals surface area (Å²) in [5.74, 6) is 0.880. The highest BCUT2D eigenvalue weighted by Gasteiger charge is 2.09. The van der Waals surface area contributed by atoms with E-state index in [1.165, 1.54) is 5.56 Å². The molecule has 25 heavy (non-hydrogen) atoms. The minimum Gasteiger partial charge on any atom is -0.489 e. The molecule has 0 bridgehead atoms. The highest BCUT2D eigenvalue weighted by Crippen LogP contribution is 2.19. The first-order chi connectivity index (χ1) is 11.6. The molecule has 1 amide bonds. The van der Waals surface area contributed by atoms with E-state index in [0.717, 1.165) is 16.9 Å². The molecule has 4 nitrogen and oxygen atoms in total. The fraction of sp³-hybridized carbons (Fsp3) is 0.350. The van der Waals surface area contributed by atoms with Crippen molar-refractivity contribution in [2.45, 2.75) is 32.9 Å². The predicted molar refractivity (Wildman–Crippen MR) is 104 cm³/mol. The van der Waals surface area contributed by atoms with Gasteiger partial charge in [0.1, 0.15) is 12.4 Å². The largest absolute Gasteiger partial charge is 0.489 e. The van der Waals surface area contributed by atoms with Crippen molar-refractivity contribution in [2.24, 2.45) is 0 Å². The van der Waals surface area contributed by atoms with Crippen LogP contribution >= 0.6 is 12.4 Å². The lowest BCUT2D eigenvalue weighted by molar-refractivity contribution is -0.121. The molecular weight excluding hydrogens is 336 g/mol. The Morgan fingerprint density at radius 1 is 1.16 bits per heavy atom. The summed E-state index contributed by atoms with van der Waals surface area (Å²) < 4.78 is 5.82. The van der Waals surface area contributed by atoms with Crippen molar-refractivity contribution in [3.8, 4) is 5.75 Å². The molecular formula is C20H27ClN2O2. The van der Waals surface area contributed by atoms with Crippen LogP contribution < -0.4 is 15.4 Å². The number of nitrogens with one attached hydrogen (secondary N) is 2. The summed E-state index contributed by atoms with van der Waals surface area (Å²) >= 11 is 0. The summed E-state index contributed by atoms with van der Waals surface area (Å²) in [7, 11) is 1.84. The van der Waals surface area contributed by atoms with Crippen LogP contribution in [0, 0.1) is 6.92 Å². The molecule has 136 valence electrons. The second kappa shape index (κ2) is 10.7. The number of carbonyl (C=O) groups excluding carboxylic acids is 1. The molecule has 5 heteroatoms. The van der Waals surface area contributed by atoms with Crippen LogP contribution in [0.25, 0.3) is 0 Å². The quantitative estimate of drug-likeness (QED) is 0.751. The summed E-state index contributed by atoms with van der Waals surface area (Å²) in [6, 6.07) is 16.2. The Bertz CT molecular complexity index is 659. The summed E-state index contributed by atoms with van der Waals surface area (Å²) in [5, 5.41) is 5.97. The van der Waals surface area contributed by atoms with Crippen molar-refractivity contribution in [1.29, 1.82) is 0 Å². The second-order valence-corrected chi connectivity index (χ2v) is 5.99. The van der Waals surface area contributed by atoms with Crippen LogP contribution in [-0.2, 0) is 11.4 Å². The van der Waals surface area contributed by atoms with Gasteiger partial charge in [0.25, 0.3) is 0 Å². The smallest absolute Gasteiger partial charge is 0.221 e. The molecule has 2 N–H and O–H groups in total. The molecule has 0 saturated carbocycles. The molecule has 0 aliphatic rings. The predicted octanol–water partition coefficient (Wildman–Crippen LogP) is 3.78. The van der Waals surface area contributed by atoms with Crippen molar-refractivity contribution in [3.05, 3.63) is 65.2 Å². The molecule has 0 aliphatic carbocycles. The first-order valence-electron chi connectivity index (χ1n) is 8.31. The van der Waals surface area contributed by atoms with Crippen LogP contribution in [0.2, 0.25) is 0 Å². The number of rotatable bonds is 8. The normalized spacial score (nSPS) is 11.3. The van der Waals surface area contributed by atoms with Crippen LogP contribution in [0.4, 0.5) is 0 Å². The van der Waals surface area contributed by atoms with E-state index >= 15 is 0 Å². The molecule has 2 rings (SSSR count). The van der Waals surface area contributed by atoms with Gasteiger partial charge < -0.3 is 15.4 Å². The summed E-state index contributed by atoms with van der Waals surface area (Å²) in [4.78, 5) is 11.8. The number of hydrogen-bond donors (Lipinski definition) is 2. The third kappa shape index (κ3) is 7.16. The minimum atomic E-state index is -0.0137. The van der Waals surface area contributed by atoms with Gasteiger partial charge >= 0.3 is 0 Å². The van der Waals surface area contributed by atoms with Gasteiger partial charge in [-0.15, -0.1) is 12.4 Å². The maximum Gasteiger partial charge on any atom is 0.221 e. The molecule has 1 atom stereocenters. The summed E-state index contributed by atoms with van der Waals surface area (Å²) in [6.45, 7) is 5.30. The van der Waals surface area contributed by atoms with E-state index in [4.69, 9.17) is 4.74 Å². The molecule has 0 saturated heterocycles. The van der Waals surface area contributed by atoms with Crippen LogP contribution in [0.3, 0.4) is 0 Å². The third-order valence-electron chi connectivity index (χ3n) is 3.85. The standard InChI is InChI=1S/C20H26N2O2.ClH/c1-15-5-4-6-17(13-15)14-24-19-9-7-18(8-10-19)16(2)22-20(23)11-12-21-3;/h4-10,13,16,21H,11-12,14H2,1-3H3,(H,22,23);1H. The average Bonchev–Trinajstić information content (AvgIpc) is 2.58. The number of carbonyl (C=O) groups is 1. The number of halogens is 1. The zero-order valence-electron chi connectivity index (χ0n) is 15.0. The third-order valence-corrected chi connectivity index (χ3v) is 3.85. The molecule has 0 fully saturated rings. The van der Waals surface area contributed by atoms with Gasteiger partial charge in [-0.25, -0.2) is 0 Å². The van der Waals surface area contributed by atoms with Crippen molar-refractivity contribution in [2.75, 3.05) is 13.6 Å². The van der Waals surface area contributed by atoms with E-state index in [-0.39, 0.29) is 24.4 Å². The molecule has 0 aromatic heterocycles. The van der Waals surface area contributed by atoms with Crippen LogP contribution in [-0.4, -0.2) is 19.5 Å². The molecule has 2 aromatic rings. The van der Waals surface area contributed by atoms with E-state index in [0.29, 0.717) is 19.6 Å². The van der Waals surface area contributed by atoms with E-state index in [2.05, 4.69) is 35.8 Å². The number of ether oxygens (including phenoxy) is 1. The fourth-order valence-corrected chi connectivity index (χ4v) is 2.46. The lowest BCUT2D eigenvalue weighted by Crippen LogP contribution is -2.28. The Hall–Kier alpha value is -2.04. The van der Waals surface area contributed by atoms with E-state index in [9.17, 15) is 4.79 Å². The maximum atomic E-state index is 11.8. The van der Waals surface area contributed by atoms with Gasteiger partial charge in [0.05, 0.1) is 6.04 Å². The first-order valence-corrected chi connectivity index (χ1v) is 8.31. The Balaban J connectivity index is 0.00000312. The van der Waals surface area contributed by atoms with E-state index in [1.54, 1.807) is 0 Å². The van der Waals surface area contributed by atoms with Gasteiger partial charge in [0, 0.05) is 13.0 Å². The fourth-order valence-electron chi connectivity index (χ4n) is 2.46. The van der Waals surface area contributed by atoms with Crippen LogP contribution in [0.15, 0.2) is 48.5 Å². The zero-order chi connectivity index (χ0) is 17.4. The monoisotopic (exact) mass is 362 g/mol. The van der Waals surface area contributed by atoms with Crippen LogP contribution in [0.5, 0.6) is 5.75 Å². The average molecular weight is 363 g/mol. The van der Waals surface area contributed by atoms with Crippen molar-refractivity contribution < 1.29 is 9.53 Å². The second-order valence-electron chi connectivity index (χ2n) is 5.99. The van der Waals surface area contributed by atoms with Crippen molar-refractivity contribution in [3.63, 3.8) is 0 Å². The number of aryl methyl sites for hydroxylation is 1. The summed E-state index contributed by atoms with van der Waals surface area (Å²) in [6.07, 6.45) is 0.485. The maximum absolute atomic E-state index is 11.8. The Labute approximate surface area is 156 Å². The molecule has 0 radical (unpaired) electrons. The summed E-state index contributed by atoms with van der Waals surface area (Å²) in [5.41, 5.74) is 3.45. The van der Waals surface area contributed by atoms with Gasteiger partial charge in [0.15, 0.2) is 0 Å².